The molecule has 0 bridgehead atoms. The summed E-state index contributed by atoms with van der Waals surface area (Å²) in [5, 5.41) is 11.8. The number of anilines is 1. The number of halogens is 2. The minimum Gasteiger partial charge on any atom is -0.360 e. The van der Waals surface area contributed by atoms with E-state index in [0.717, 1.165) is 24.3 Å². The highest BCUT2D eigenvalue weighted by Crippen LogP contribution is 2.27. The fourth-order valence-electron chi connectivity index (χ4n) is 1.54. The van der Waals surface area contributed by atoms with E-state index in [0.29, 0.717) is 20.7 Å². The molecule has 1 N–H and O–H groups in total. The SMILES string of the molecule is CCCNc1nnc(S(=O)(=O)Cc2ccc(Cl)cc2Cl)s1. The summed E-state index contributed by atoms with van der Waals surface area (Å²) in [6.45, 7) is 2.73. The van der Waals surface area contributed by atoms with E-state index in [1.54, 1.807) is 12.1 Å². The molecular formula is C12H13Cl2N3O2S2. The van der Waals surface area contributed by atoms with Gasteiger partial charge < -0.3 is 5.32 Å². The number of aromatic nitrogens is 2. The number of sulfone groups is 1. The highest BCUT2D eigenvalue weighted by Gasteiger charge is 2.22. The summed E-state index contributed by atoms with van der Waals surface area (Å²) in [7, 11) is -3.58. The summed E-state index contributed by atoms with van der Waals surface area (Å²) < 4.78 is 24.6. The largest absolute Gasteiger partial charge is 0.360 e. The van der Waals surface area contributed by atoms with E-state index in [9.17, 15) is 8.42 Å². The van der Waals surface area contributed by atoms with Crippen LogP contribution >= 0.6 is 34.5 Å². The van der Waals surface area contributed by atoms with Gasteiger partial charge >= 0.3 is 0 Å². The van der Waals surface area contributed by atoms with Crippen LogP contribution in [0.1, 0.15) is 18.9 Å². The molecule has 1 aromatic heterocycles. The average Bonchev–Trinajstić information content (AvgIpc) is 2.89. The van der Waals surface area contributed by atoms with E-state index in [-0.39, 0.29) is 10.1 Å². The molecule has 0 radical (unpaired) electrons. The Morgan fingerprint density at radius 1 is 1.29 bits per heavy atom. The Morgan fingerprint density at radius 2 is 2.05 bits per heavy atom. The van der Waals surface area contributed by atoms with Crippen LogP contribution in [0.15, 0.2) is 22.5 Å². The van der Waals surface area contributed by atoms with Crippen molar-refractivity contribution in [2.45, 2.75) is 23.4 Å². The van der Waals surface area contributed by atoms with Gasteiger partial charge in [0, 0.05) is 16.6 Å². The Morgan fingerprint density at radius 3 is 2.71 bits per heavy atom. The van der Waals surface area contributed by atoms with E-state index in [4.69, 9.17) is 23.2 Å². The predicted octanol–water partition coefficient (Wildman–Crippen LogP) is 3.64. The third-order valence-electron chi connectivity index (χ3n) is 2.56. The van der Waals surface area contributed by atoms with Gasteiger partial charge in [-0.25, -0.2) is 8.42 Å². The van der Waals surface area contributed by atoms with Crippen LogP contribution < -0.4 is 5.32 Å². The molecule has 2 aromatic rings. The second-order valence-corrected chi connectivity index (χ2v) is 8.28. The third kappa shape index (κ3) is 4.29. The molecule has 0 saturated heterocycles. The van der Waals surface area contributed by atoms with Crippen LogP contribution in [0.3, 0.4) is 0 Å². The van der Waals surface area contributed by atoms with E-state index in [1.165, 1.54) is 6.07 Å². The van der Waals surface area contributed by atoms with Gasteiger partial charge in [-0.3, -0.25) is 0 Å². The lowest BCUT2D eigenvalue weighted by atomic mass is 10.2. The van der Waals surface area contributed by atoms with E-state index >= 15 is 0 Å². The minimum atomic E-state index is -3.58. The lowest BCUT2D eigenvalue weighted by Crippen LogP contribution is -2.05. The second-order valence-electron chi connectivity index (χ2n) is 4.29. The standard InChI is InChI=1S/C12H13Cl2N3O2S2/c1-2-5-15-11-16-17-12(20-11)21(18,19)7-8-3-4-9(13)6-10(8)14/h3-4,6H,2,5,7H2,1H3,(H,15,16). The smallest absolute Gasteiger partial charge is 0.234 e. The first-order valence-corrected chi connectivity index (χ1v) is 9.39. The van der Waals surface area contributed by atoms with Crippen molar-refractivity contribution < 1.29 is 8.42 Å². The van der Waals surface area contributed by atoms with Gasteiger partial charge in [0.05, 0.1) is 5.75 Å². The molecule has 1 aromatic carbocycles. The van der Waals surface area contributed by atoms with Crippen LogP contribution in [-0.2, 0) is 15.6 Å². The molecule has 0 unspecified atom stereocenters. The fraction of sp³-hybridized carbons (Fsp3) is 0.333. The molecule has 2 rings (SSSR count). The first-order valence-electron chi connectivity index (χ1n) is 6.16. The Labute approximate surface area is 137 Å². The summed E-state index contributed by atoms with van der Waals surface area (Å²) in [6.07, 6.45) is 0.919. The third-order valence-corrected chi connectivity index (χ3v) is 6.14. The Hall–Kier alpha value is -0.890. The van der Waals surface area contributed by atoms with Crippen molar-refractivity contribution in [3.05, 3.63) is 33.8 Å². The average molecular weight is 366 g/mol. The van der Waals surface area contributed by atoms with Gasteiger partial charge in [0.15, 0.2) is 0 Å². The van der Waals surface area contributed by atoms with Gasteiger partial charge in [-0.15, -0.1) is 10.2 Å². The van der Waals surface area contributed by atoms with Crippen molar-refractivity contribution in [2.75, 3.05) is 11.9 Å². The van der Waals surface area contributed by atoms with Gasteiger partial charge in [-0.2, -0.15) is 0 Å². The molecule has 0 aliphatic heterocycles. The molecule has 0 aliphatic rings. The van der Waals surface area contributed by atoms with Crippen LogP contribution in [0.25, 0.3) is 0 Å². The van der Waals surface area contributed by atoms with Crippen molar-refractivity contribution in [3.63, 3.8) is 0 Å². The maximum absolute atomic E-state index is 12.3. The first-order chi connectivity index (χ1) is 9.92. The fourth-order valence-corrected chi connectivity index (χ4v) is 4.47. The molecule has 9 heteroatoms. The molecule has 0 saturated carbocycles. The summed E-state index contributed by atoms with van der Waals surface area (Å²) in [5.74, 6) is -0.231. The van der Waals surface area contributed by atoms with Crippen LogP contribution in [0.5, 0.6) is 0 Å². The summed E-state index contributed by atoms with van der Waals surface area (Å²) in [6, 6.07) is 4.72. The van der Waals surface area contributed by atoms with E-state index < -0.39 is 9.84 Å². The Balaban J connectivity index is 2.19. The van der Waals surface area contributed by atoms with E-state index in [2.05, 4.69) is 15.5 Å². The van der Waals surface area contributed by atoms with Gasteiger partial charge in [0.25, 0.3) is 0 Å². The molecule has 21 heavy (non-hydrogen) atoms. The van der Waals surface area contributed by atoms with Crippen LogP contribution in [0.2, 0.25) is 10.0 Å². The second kappa shape index (κ2) is 6.91. The van der Waals surface area contributed by atoms with Crippen LogP contribution in [0.4, 0.5) is 5.13 Å². The monoisotopic (exact) mass is 365 g/mol. The van der Waals surface area contributed by atoms with Crippen molar-refractivity contribution >= 4 is 49.5 Å². The highest BCUT2D eigenvalue weighted by atomic mass is 35.5. The summed E-state index contributed by atoms with van der Waals surface area (Å²) >= 11 is 12.8. The van der Waals surface area contributed by atoms with E-state index in [1.807, 2.05) is 6.92 Å². The molecule has 0 atom stereocenters. The van der Waals surface area contributed by atoms with Crippen molar-refractivity contribution in [3.8, 4) is 0 Å². The summed E-state index contributed by atoms with van der Waals surface area (Å²) in [4.78, 5) is 0. The minimum absolute atomic E-state index is 0.0212. The molecule has 0 spiro atoms. The Bertz CT molecular complexity index is 732. The zero-order valence-corrected chi connectivity index (χ0v) is 14.3. The van der Waals surface area contributed by atoms with Gasteiger partial charge in [-0.05, 0) is 24.1 Å². The lowest BCUT2D eigenvalue weighted by molar-refractivity contribution is 0.593. The number of hydrogen-bond acceptors (Lipinski definition) is 6. The lowest BCUT2D eigenvalue weighted by Gasteiger charge is -2.04. The number of nitrogens with zero attached hydrogens (tertiary/aromatic N) is 2. The van der Waals surface area contributed by atoms with Crippen LogP contribution in [-0.4, -0.2) is 25.2 Å². The number of benzene rings is 1. The maximum atomic E-state index is 12.3. The Kier molecular flexibility index (Phi) is 5.43. The topological polar surface area (TPSA) is 72.0 Å². The zero-order chi connectivity index (χ0) is 15.5. The van der Waals surface area contributed by atoms with Gasteiger partial charge in [0.2, 0.25) is 19.3 Å². The van der Waals surface area contributed by atoms with Gasteiger partial charge in [0.1, 0.15) is 0 Å². The summed E-state index contributed by atoms with van der Waals surface area (Å²) in [5.41, 5.74) is 0.485. The molecule has 114 valence electrons. The molecular weight excluding hydrogens is 353 g/mol. The highest BCUT2D eigenvalue weighted by molar-refractivity contribution is 7.92. The molecule has 0 amide bonds. The van der Waals surface area contributed by atoms with Crippen LogP contribution in [0, 0.1) is 0 Å². The molecule has 1 heterocycles. The molecule has 0 aliphatic carbocycles. The quantitative estimate of drug-likeness (QED) is 0.845. The predicted molar refractivity (Wildman–Crippen MR) is 86.0 cm³/mol. The van der Waals surface area contributed by atoms with Crippen molar-refractivity contribution in [1.82, 2.24) is 10.2 Å². The first kappa shape index (κ1) is 16.5. The van der Waals surface area contributed by atoms with Crippen molar-refractivity contribution in [1.29, 1.82) is 0 Å². The molecule has 5 nitrogen and oxygen atoms in total. The normalized spacial score (nSPS) is 11.6. The zero-order valence-electron chi connectivity index (χ0n) is 11.1. The number of nitrogens with one attached hydrogen (secondary N) is 1. The van der Waals surface area contributed by atoms with Gasteiger partial charge in [-0.1, -0.05) is 47.5 Å². The van der Waals surface area contributed by atoms with Crippen molar-refractivity contribution in [2.24, 2.45) is 0 Å². The number of rotatable bonds is 6. The number of hydrogen-bond donors (Lipinski definition) is 1. The maximum Gasteiger partial charge on any atom is 0.234 e. The molecule has 0 fully saturated rings.